The van der Waals surface area contributed by atoms with Gasteiger partial charge in [-0.1, -0.05) is 0 Å². The Kier molecular flexibility index (Phi) is 5.20. The Morgan fingerprint density at radius 3 is 2.80 bits per heavy atom. The smallest absolute Gasteiger partial charge is 0.183 e. The number of piperidine rings is 1. The number of hydrogen-bond acceptors (Lipinski definition) is 5. The van der Waals surface area contributed by atoms with Crippen molar-refractivity contribution in [2.45, 2.75) is 32.4 Å². The fourth-order valence-corrected chi connectivity index (χ4v) is 2.83. The van der Waals surface area contributed by atoms with Crippen LogP contribution in [0.4, 0.5) is 0 Å². The Balaban J connectivity index is 2.16. The van der Waals surface area contributed by atoms with Gasteiger partial charge in [-0.15, -0.1) is 0 Å². The molecule has 0 aromatic carbocycles. The van der Waals surface area contributed by atoms with E-state index in [0.717, 1.165) is 36.8 Å². The molecule has 2 unspecified atom stereocenters. The van der Waals surface area contributed by atoms with Crippen molar-refractivity contribution in [3.63, 3.8) is 0 Å². The van der Waals surface area contributed by atoms with Crippen molar-refractivity contribution in [2.24, 2.45) is 11.7 Å². The second-order valence-electron chi connectivity index (χ2n) is 5.45. The molecule has 0 spiro atoms. The maximum Gasteiger partial charge on any atom is 0.183 e. The zero-order valence-electron chi connectivity index (χ0n) is 12.6. The van der Waals surface area contributed by atoms with Gasteiger partial charge in [0.05, 0.1) is 14.2 Å². The Hall–Kier alpha value is -1.33. The van der Waals surface area contributed by atoms with Gasteiger partial charge in [-0.25, -0.2) is 0 Å². The van der Waals surface area contributed by atoms with Crippen molar-refractivity contribution < 1.29 is 9.47 Å². The van der Waals surface area contributed by atoms with Crippen LogP contribution in [-0.2, 0) is 6.54 Å². The van der Waals surface area contributed by atoms with E-state index in [1.807, 2.05) is 6.07 Å². The van der Waals surface area contributed by atoms with Crippen molar-refractivity contribution >= 4 is 0 Å². The highest BCUT2D eigenvalue weighted by molar-refractivity contribution is 5.42. The maximum absolute atomic E-state index is 5.82. The van der Waals surface area contributed by atoms with Crippen LogP contribution >= 0.6 is 0 Å². The molecule has 1 aliphatic heterocycles. The number of ether oxygens (including phenoxy) is 2. The van der Waals surface area contributed by atoms with Gasteiger partial charge < -0.3 is 15.2 Å². The number of pyridine rings is 1. The third-order valence-electron chi connectivity index (χ3n) is 4.16. The molecule has 0 amide bonds. The largest absolute Gasteiger partial charge is 0.493 e. The molecule has 1 fully saturated rings. The fraction of sp³-hybridized carbons (Fsp3) is 0.667. The molecular weight excluding hydrogens is 254 g/mol. The quantitative estimate of drug-likeness (QED) is 0.888. The fourth-order valence-electron chi connectivity index (χ4n) is 2.83. The van der Waals surface area contributed by atoms with Crippen LogP contribution in [-0.4, -0.2) is 43.2 Å². The first-order chi connectivity index (χ1) is 9.69. The van der Waals surface area contributed by atoms with Gasteiger partial charge in [0.15, 0.2) is 11.5 Å². The first-order valence-corrected chi connectivity index (χ1v) is 7.19. The van der Waals surface area contributed by atoms with Crippen LogP contribution in [0.15, 0.2) is 12.3 Å². The van der Waals surface area contributed by atoms with Crippen LogP contribution in [0, 0.1) is 5.92 Å². The van der Waals surface area contributed by atoms with Gasteiger partial charge in [-0.3, -0.25) is 9.88 Å². The minimum absolute atomic E-state index is 0.551. The molecule has 2 N–H and O–H groups in total. The molecule has 1 saturated heterocycles. The van der Waals surface area contributed by atoms with Crippen molar-refractivity contribution in [2.75, 3.05) is 27.3 Å². The van der Waals surface area contributed by atoms with E-state index in [4.69, 9.17) is 15.2 Å². The Morgan fingerprint density at radius 1 is 1.35 bits per heavy atom. The summed E-state index contributed by atoms with van der Waals surface area (Å²) in [5.41, 5.74) is 6.75. The van der Waals surface area contributed by atoms with E-state index in [0.29, 0.717) is 12.0 Å². The van der Waals surface area contributed by atoms with Gasteiger partial charge in [0, 0.05) is 31.4 Å². The van der Waals surface area contributed by atoms with E-state index < -0.39 is 0 Å². The maximum atomic E-state index is 5.82. The van der Waals surface area contributed by atoms with Gasteiger partial charge in [-0.2, -0.15) is 0 Å². The van der Waals surface area contributed by atoms with E-state index in [2.05, 4.69) is 16.8 Å². The minimum atomic E-state index is 0.551. The summed E-state index contributed by atoms with van der Waals surface area (Å²) in [4.78, 5) is 6.90. The summed E-state index contributed by atoms with van der Waals surface area (Å²) in [5.74, 6) is 2.05. The van der Waals surface area contributed by atoms with Gasteiger partial charge in [0.2, 0.25) is 0 Å². The summed E-state index contributed by atoms with van der Waals surface area (Å²) < 4.78 is 10.8. The molecule has 0 aliphatic carbocycles. The van der Waals surface area contributed by atoms with Crippen molar-refractivity contribution in [3.05, 3.63) is 18.0 Å². The predicted octanol–water partition coefficient (Wildman–Crippen LogP) is 1.66. The zero-order valence-corrected chi connectivity index (χ0v) is 12.6. The van der Waals surface area contributed by atoms with Gasteiger partial charge in [0.1, 0.15) is 5.69 Å². The molecular formula is C15H25N3O2. The molecule has 0 radical (unpaired) electrons. The minimum Gasteiger partial charge on any atom is -0.493 e. The lowest BCUT2D eigenvalue weighted by Crippen LogP contribution is -2.43. The first-order valence-electron chi connectivity index (χ1n) is 7.19. The van der Waals surface area contributed by atoms with E-state index in [-0.39, 0.29) is 0 Å². The average Bonchev–Trinajstić information content (AvgIpc) is 2.49. The van der Waals surface area contributed by atoms with Crippen LogP contribution in [0.5, 0.6) is 11.5 Å². The van der Waals surface area contributed by atoms with E-state index in [1.165, 1.54) is 12.8 Å². The molecule has 1 aromatic rings. The highest BCUT2D eigenvalue weighted by atomic mass is 16.5. The van der Waals surface area contributed by atoms with Gasteiger partial charge in [-0.05, 0) is 32.2 Å². The summed E-state index contributed by atoms with van der Waals surface area (Å²) in [6, 6.07) is 2.38. The Morgan fingerprint density at radius 2 is 2.15 bits per heavy atom. The van der Waals surface area contributed by atoms with Crippen LogP contribution in [0.2, 0.25) is 0 Å². The lowest BCUT2D eigenvalue weighted by molar-refractivity contribution is 0.110. The van der Waals surface area contributed by atoms with E-state index in [9.17, 15) is 0 Å². The van der Waals surface area contributed by atoms with E-state index >= 15 is 0 Å². The number of likely N-dealkylation sites (tertiary alicyclic amines) is 1. The van der Waals surface area contributed by atoms with E-state index in [1.54, 1.807) is 20.4 Å². The third-order valence-corrected chi connectivity index (χ3v) is 4.16. The summed E-state index contributed by atoms with van der Waals surface area (Å²) in [6.07, 6.45) is 4.18. The van der Waals surface area contributed by atoms with Crippen LogP contribution < -0.4 is 15.2 Å². The number of methoxy groups -OCH3 is 2. The molecule has 5 heteroatoms. The Bertz CT molecular complexity index is 439. The highest BCUT2D eigenvalue weighted by Crippen LogP contribution is 2.31. The number of rotatable bonds is 5. The SMILES string of the molecule is COc1ccnc(CN2CC(CN)CCC2C)c1OC. The third kappa shape index (κ3) is 3.22. The van der Waals surface area contributed by atoms with Crippen molar-refractivity contribution in [1.29, 1.82) is 0 Å². The molecule has 2 rings (SSSR count). The standard InChI is InChI=1S/C15H25N3O2/c1-11-4-5-12(8-16)9-18(11)10-13-15(20-3)14(19-2)6-7-17-13/h6-7,11-12H,4-5,8-10,16H2,1-3H3. The number of nitrogens with zero attached hydrogens (tertiary/aromatic N) is 2. The number of hydrogen-bond donors (Lipinski definition) is 1. The molecule has 2 heterocycles. The molecule has 0 bridgehead atoms. The van der Waals surface area contributed by atoms with Gasteiger partial charge >= 0.3 is 0 Å². The van der Waals surface area contributed by atoms with Crippen molar-refractivity contribution in [3.8, 4) is 11.5 Å². The molecule has 2 atom stereocenters. The monoisotopic (exact) mass is 279 g/mol. The average molecular weight is 279 g/mol. The topological polar surface area (TPSA) is 60.6 Å². The lowest BCUT2D eigenvalue weighted by atomic mass is 9.93. The van der Waals surface area contributed by atoms with Crippen LogP contribution in [0.25, 0.3) is 0 Å². The molecule has 20 heavy (non-hydrogen) atoms. The van der Waals surface area contributed by atoms with Gasteiger partial charge in [0.25, 0.3) is 0 Å². The second kappa shape index (κ2) is 6.90. The summed E-state index contributed by atoms with van der Waals surface area (Å²) in [5, 5.41) is 0. The second-order valence-corrected chi connectivity index (χ2v) is 5.45. The first kappa shape index (κ1) is 15.1. The molecule has 112 valence electrons. The normalized spacial score (nSPS) is 23.6. The molecule has 0 saturated carbocycles. The Labute approximate surface area is 121 Å². The molecule has 5 nitrogen and oxygen atoms in total. The van der Waals surface area contributed by atoms with Crippen LogP contribution in [0.1, 0.15) is 25.5 Å². The molecule has 1 aromatic heterocycles. The zero-order chi connectivity index (χ0) is 14.5. The molecule has 1 aliphatic rings. The van der Waals surface area contributed by atoms with Crippen LogP contribution in [0.3, 0.4) is 0 Å². The number of aromatic nitrogens is 1. The van der Waals surface area contributed by atoms with Crippen molar-refractivity contribution in [1.82, 2.24) is 9.88 Å². The number of nitrogens with two attached hydrogens (primary N) is 1. The lowest BCUT2D eigenvalue weighted by Gasteiger charge is -2.37. The summed E-state index contributed by atoms with van der Waals surface area (Å²) in [7, 11) is 3.31. The highest BCUT2D eigenvalue weighted by Gasteiger charge is 2.26. The summed E-state index contributed by atoms with van der Waals surface area (Å²) in [6.45, 7) is 4.82. The predicted molar refractivity (Wildman–Crippen MR) is 79.0 cm³/mol. The summed E-state index contributed by atoms with van der Waals surface area (Å²) >= 11 is 0.